The maximum absolute atomic E-state index is 10.9. The summed E-state index contributed by atoms with van der Waals surface area (Å²) in [5.74, 6) is 1.65. The number of carbonyl (C=O) groups is 1. The van der Waals surface area contributed by atoms with Gasteiger partial charge in [0.1, 0.15) is 11.6 Å². The Balaban J connectivity index is 0.000000287. The molecular weight excluding hydrogens is 508 g/mol. The summed E-state index contributed by atoms with van der Waals surface area (Å²) in [4.78, 5) is 20.8. The predicted octanol–water partition coefficient (Wildman–Crippen LogP) is 6.57. The molecule has 39 heavy (non-hydrogen) atoms. The van der Waals surface area contributed by atoms with Crippen LogP contribution in [0.25, 0.3) is 6.08 Å². The SMILES string of the molecule is CC.CCCN(C)C1CCN(c2cc(C)c3c(n2)C=CC=CC3)CC1.CNC(=O)COC1=CC=C(Cl)CC=C1. The molecule has 0 radical (unpaired) electrons. The quantitative estimate of drug-likeness (QED) is 0.413. The number of hydrogen-bond acceptors (Lipinski definition) is 5. The minimum atomic E-state index is -0.154. The van der Waals surface area contributed by atoms with Crippen LogP contribution >= 0.6 is 11.6 Å². The van der Waals surface area contributed by atoms with E-state index in [1.807, 2.05) is 19.9 Å². The van der Waals surface area contributed by atoms with E-state index in [9.17, 15) is 4.79 Å². The Morgan fingerprint density at radius 2 is 1.90 bits per heavy atom. The first-order valence-corrected chi connectivity index (χ1v) is 14.6. The summed E-state index contributed by atoms with van der Waals surface area (Å²) in [5, 5.41) is 3.22. The molecule has 0 unspecified atom stereocenters. The van der Waals surface area contributed by atoms with E-state index in [1.165, 1.54) is 36.9 Å². The normalized spacial score (nSPS) is 16.5. The zero-order valence-electron chi connectivity index (χ0n) is 24.7. The van der Waals surface area contributed by atoms with Crippen LogP contribution in [-0.4, -0.2) is 62.2 Å². The van der Waals surface area contributed by atoms with Crippen LogP contribution in [-0.2, 0) is 16.0 Å². The van der Waals surface area contributed by atoms with Gasteiger partial charge in [0.15, 0.2) is 6.61 Å². The molecule has 1 aromatic heterocycles. The molecule has 4 rings (SSSR count). The molecular formula is C32H47ClN4O2. The molecule has 1 aromatic rings. The van der Waals surface area contributed by atoms with Gasteiger partial charge >= 0.3 is 0 Å². The summed E-state index contributed by atoms with van der Waals surface area (Å²) in [7, 11) is 3.84. The average Bonchev–Trinajstić information content (AvgIpc) is 3.33. The number of aryl methyl sites for hydroxylation is 1. The minimum Gasteiger partial charge on any atom is -0.484 e. The summed E-state index contributed by atoms with van der Waals surface area (Å²) in [6.07, 6.45) is 21.2. The Bertz CT molecular complexity index is 1070. The molecule has 1 fully saturated rings. The zero-order chi connectivity index (χ0) is 28.6. The molecule has 1 amide bonds. The van der Waals surface area contributed by atoms with Crippen molar-refractivity contribution in [2.75, 3.05) is 45.2 Å². The Morgan fingerprint density at radius 3 is 2.59 bits per heavy atom. The number of aromatic nitrogens is 1. The molecule has 0 aromatic carbocycles. The fourth-order valence-corrected chi connectivity index (χ4v) is 4.81. The van der Waals surface area contributed by atoms with E-state index >= 15 is 0 Å². The van der Waals surface area contributed by atoms with Crippen LogP contribution in [0.4, 0.5) is 5.82 Å². The number of amides is 1. The zero-order valence-corrected chi connectivity index (χ0v) is 25.4. The second-order valence-corrected chi connectivity index (χ2v) is 10.1. The number of hydrogen-bond donors (Lipinski definition) is 1. The summed E-state index contributed by atoms with van der Waals surface area (Å²) in [6, 6.07) is 3.01. The Morgan fingerprint density at radius 1 is 1.15 bits per heavy atom. The Labute approximate surface area is 241 Å². The van der Waals surface area contributed by atoms with Crippen LogP contribution in [0.2, 0.25) is 0 Å². The second kappa shape index (κ2) is 17.7. The molecule has 7 heteroatoms. The van der Waals surface area contributed by atoms with Gasteiger partial charge in [-0.15, -0.1) is 0 Å². The van der Waals surface area contributed by atoms with Crippen LogP contribution < -0.4 is 10.2 Å². The van der Waals surface area contributed by atoms with Crippen molar-refractivity contribution in [1.82, 2.24) is 15.2 Å². The second-order valence-electron chi connectivity index (χ2n) is 9.60. The van der Waals surface area contributed by atoms with E-state index in [4.69, 9.17) is 21.3 Å². The first-order valence-electron chi connectivity index (χ1n) is 14.3. The third kappa shape index (κ3) is 10.7. The van der Waals surface area contributed by atoms with Crippen molar-refractivity contribution in [2.45, 2.75) is 65.8 Å². The van der Waals surface area contributed by atoms with E-state index in [0.29, 0.717) is 12.2 Å². The number of ether oxygens (including phenoxy) is 1. The smallest absolute Gasteiger partial charge is 0.257 e. The number of nitrogens with zero attached hydrogens (tertiary/aromatic N) is 3. The van der Waals surface area contributed by atoms with E-state index in [-0.39, 0.29) is 12.5 Å². The molecule has 0 bridgehead atoms. The number of anilines is 1. The summed E-state index contributed by atoms with van der Waals surface area (Å²) in [6.45, 7) is 11.9. The lowest BCUT2D eigenvalue weighted by atomic mass is 10.0. The van der Waals surface area contributed by atoms with Crippen LogP contribution in [0.1, 0.15) is 63.3 Å². The Kier molecular flexibility index (Phi) is 14.7. The van der Waals surface area contributed by atoms with Gasteiger partial charge in [0.2, 0.25) is 0 Å². The van der Waals surface area contributed by atoms with Crippen molar-refractivity contribution in [3.63, 3.8) is 0 Å². The lowest BCUT2D eigenvalue weighted by Gasteiger charge is -2.37. The molecule has 2 heterocycles. The van der Waals surface area contributed by atoms with Gasteiger partial charge in [-0.25, -0.2) is 4.98 Å². The van der Waals surface area contributed by atoms with E-state index in [1.54, 1.807) is 25.3 Å². The molecule has 6 nitrogen and oxygen atoms in total. The molecule has 0 spiro atoms. The number of nitrogens with one attached hydrogen (secondary N) is 1. The van der Waals surface area contributed by atoms with Crippen molar-refractivity contribution in [3.8, 4) is 0 Å². The van der Waals surface area contributed by atoms with Gasteiger partial charge in [-0.05, 0) is 87.7 Å². The molecule has 0 saturated carbocycles. The van der Waals surface area contributed by atoms with Crippen molar-refractivity contribution in [2.24, 2.45) is 0 Å². The largest absolute Gasteiger partial charge is 0.484 e. The van der Waals surface area contributed by atoms with E-state index < -0.39 is 0 Å². The van der Waals surface area contributed by atoms with Crippen molar-refractivity contribution < 1.29 is 9.53 Å². The van der Waals surface area contributed by atoms with E-state index in [0.717, 1.165) is 42.1 Å². The van der Waals surface area contributed by atoms with Crippen molar-refractivity contribution >= 4 is 29.4 Å². The number of allylic oxidation sites excluding steroid dienone is 8. The first-order chi connectivity index (χ1) is 18.9. The van der Waals surface area contributed by atoms with Gasteiger partial charge in [0, 0.05) is 37.6 Å². The van der Waals surface area contributed by atoms with Gasteiger partial charge in [-0.3, -0.25) is 4.79 Å². The molecule has 1 aliphatic heterocycles. The number of fused-ring (bicyclic) bond motifs is 1. The van der Waals surface area contributed by atoms with Gasteiger partial charge in [-0.2, -0.15) is 0 Å². The Hall–Kier alpha value is -2.83. The molecule has 214 valence electrons. The highest BCUT2D eigenvalue weighted by Crippen LogP contribution is 2.26. The van der Waals surface area contributed by atoms with Crippen LogP contribution in [0.3, 0.4) is 0 Å². The number of piperidine rings is 1. The van der Waals surface area contributed by atoms with Gasteiger partial charge < -0.3 is 19.9 Å². The van der Waals surface area contributed by atoms with Crippen LogP contribution in [0, 0.1) is 6.92 Å². The average molecular weight is 555 g/mol. The third-order valence-corrected chi connectivity index (χ3v) is 7.13. The monoisotopic (exact) mass is 554 g/mol. The van der Waals surface area contributed by atoms with E-state index in [2.05, 4.69) is 66.4 Å². The lowest BCUT2D eigenvalue weighted by molar-refractivity contribution is -0.123. The molecule has 3 aliphatic rings. The van der Waals surface area contributed by atoms with Crippen molar-refractivity contribution in [1.29, 1.82) is 0 Å². The molecule has 1 N–H and O–H groups in total. The fourth-order valence-electron chi connectivity index (χ4n) is 4.65. The van der Waals surface area contributed by atoms with Crippen molar-refractivity contribution in [3.05, 3.63) is 76.2 Å². The van der Waals surface area contributed by atoms with Gasteiger partial charge in [-0.1, -0.05) is 56.7 Å². The maximum atomic E-state index is 10.9. The third-order valence-electron chi connectivity index (χ3n) is 6.85. The molecule has 1 saturated heterocycles. The highest BCUT2D eigenvalue weighted by atomic mass is 35.5. The number of likely N-dealkylation sites (N-methyl/N-ethyl adjacent to an activating group) is 1. The first kappa shape index (κ1) is 32.4. The molecule has 0 atom stereocenters. The number of pyridine rings is 1. The number of halogens is 1. The van der Waals surface area contributed by atoms with Crippen LogP contribution in [0.15, 0.2) is 59.4 Å². The lowest BCUT2D eigenvalue weighted by Crippen LogP contribution is -2.44. The predicted molar refractivity (Wildman–Crippen MR) is 166 cm³/mol. The standard InChI is InChI=1S/C20H29N3.C10H12ClNO2.C2H6/c1-4-12-22(3)17-10-13-23(14-11-17)20-15-16(2)18-8-6-5-7-9-19(18)21-20;1-12-10(13)7-14-9-4-2-3-8(11)5-6-9;1-2/h5-7,9,15,17H,4,8,10-14H2,1-3H3;2,4-6H,3,7H2,1H3,(H,12,13);1-2H3. The topological polar surface area (TPSA) is 57.7 Å². The molecule has 2 aliphatic carbocycles. The maximum Gasteiger partial charge on any atom is 0.257 e. The highest BCUT2D eigenvalue weighted by molar-refractivity contribution is 6.29. The van der Waals surface area contributed by atoms with Crippen LogP contribution in [0.5, 0.6) is 0 Å². The summed E-state index contributed by atoms with van der Waals surface area (Å²) >= 11 is 5.81. The number of carbonyl (C=O) groups excluding carboxylic acids is 1. The van der Waals surface area contributed by atoms with Gasteiger partial charge in [0.25, 0.3) is 5.91 Å². The van der Waals surface area contributed by atoms with Gasteiger partial charge in [0.05, 0.1) is 5.69 Å². The fraction of sp³-hybridized carbons (Fsp3) is 0.500. The summed E-state index contributed by atoms with van der Waals surface area (Å²) in [5.41, 5.74) is 3.89. The summed E-state index contributed by atoms with van der Waals surface area (Å²) < 4.78 is 5.22. The number of rotatable bonds is 7. The highest BCUT2D eigenvalue weighted by Gasteiger charge is 2.23. The minimum absolute atomic E-state index is 0.0259.